The molecule has 1 heterocycles. The molecule has 1 rings (SSSR count). The number of nitrogens with zero attached hydrogens (tertiary/aromatic N) is 2. The lowest BCUT2D eigenvalue weighted by atomic mass is 10.4. The van der Waals surface area contributed by atoms with Crippen molar-refractivity contribution in [2.45, 2.75) is 6.92 Å². The predicted octanol–water partition coefficient (Wildman–Crippen LogP) is 0.230. The third kappa shape index (κ3) is 2.90. The molecule has 1 aromatic rings. The van der Waals surface area contributed by atoms with E-state index >= 15 is 0 Å². The van der Waals surface area contributed by atoms with E-state index in [-0.39, 0.29) is 12.4 Å². The van der Waals surface area contributed by atoms with Crippen molar-refractivity contribution >= 4 is 15.7 Å². The van der Waals surface area contributed by atoms with Crippen LogP contribution in [-0.2, 0) is 10.0 Å². The van der Waals surface area contributed by atoms with E-state index in [1.54, 1.807) is 19.1 Å². The van der Waals surface area contributed by atoms with E-state index in [2.05, 4.69) is 4.98 Å². The van der Waals surface area contributed by atoms with Gasteiger partial charge in [-0.2, -0.15) is 0 Å². The summed E-state index contributed by atoms with van der Waals surface area (Å²) in [7, 11) is -3.42. The van der Waals surface area contributed by atoms with Gasteiger partial charge in [0.1, 0.15) is 0 Å². The van der Waals surface area contributed by atoms with Crippen LogP contribution in [0.15, 0.2) is 24.5 Å². The van der Waals surface area contributed by atoms with Crippen LogP contribution in [0.5, 0.6) is 0 Å². The number of aliphatic hydroxyl groups is 1. The zero-order valence-electron chi connectivity index (χ0n) is 8.50. The number of hydrogen-bond acceptors (Lipinski definition) is 4. The van der Waals surface area contributed by atoms with E-state index in [9.17, 15) is 8.42 Å². The SMILES string of the molecule is CCN(c1ccncc1)S(=O)(=O)CCO. The molecule has 15 heavy (non-hydrogen) atoms. The van der Waals surface area contributed by atoms with Gasteiger partial charge in [-0.05, 0) is 19.1 Å². The van der Waals surface area contributed by atoms with Crippen LogP contribution < -0.4 is 4.31 Å². The number of aliphatic hydroxyl groups excluding tert-OH is 1. The van der Waals surface area contributed by atoms with Gasteiger partial charge in [-0.3, -0.25) is 9.29 Å². The Morgan fingerprint density at radius 1 is 1.40 bits per heavy atom. The molecule has 0 aliphatic heterocycles. The molecule has 84 valence electrons. The van der Waals surface area contributed by atoms with Gasteiger partial charge in [0.25, 0.3) is 0 Å². The molecule has 0 unspecified atom stereocenters. The number of rotatable bonds is 5. The summed E-state index contributed by atoms with van der Waals surface area (Å²) < 4.78 is 24.7. The smallest absolute Gasteiger partial charge is 0.237 e. The summed E-state index contributed by atoms with van der Waals surface area (Å²) in [6.45, 7) is 1.71. The largest absolute Gasteiger partial charge is 0.395 e. The molecular weight excluding hydrogens is 216 g/mol. The maximum Gasteiger partial charge on any atom is 0.237 e. The summed E-state index contributed by atoms with van der Waals surface area (Å²) in [5, 5.41) is 8.68. The molecule has 0 spiro atoms. The Bertz CT molecular complexity index is 391. The highest BCUT2D eigenvalue weighted by molar-refractivity contribution is 7.92. The summed E-state index contributed by atoms with van der Waals surface area (Å²) in [6.07, 6.45) is 3.07. The molecule has 0 atom stereocenters. The van der Waals surface area contributed by atoms with Gasteiger partial charge in [0, 0.05) is 18.9 Å². The minimum Gasteiger partial charge on any atom is -0.395 e. The lowest BCUT2D eigenvalue weighted by molar-refractivity contribution is 0.319. The minimum absolute atomic E-state index is 0.261. The Balaban J connectivity index is 3.00. The van der Waals surface area contributed by atoms with Crippen molar-refractivity contribution in [3.05, 3.63) is 24.5 Å². The fourth-order valence-electron chi connectivity index (χ4n) is 1.28. The van der Waals surface area contributed by atoms with Crippen molar-refractivity contribution in [3.63, 3.8) is 0 Å². The summed E-state index contributed by atoms with van der Waals surface area (Å²) in [6, 6.07) is 3.25. The van der Waals surface area contributed by atoms with Crippen LogP contribution in [0.1, 0.15) is 6.92 Å². The van der Waals surface area contributed by atoms with Gasteiger partial charge in [-0.15, -0.1) is 0 Å². The first kappa shape index (κ1) is 11.9. The fourth-order valence-corrected chi connectivity index (χ4v) is 2.56. The summed E-state index contributed by atoms with van der Waals surface area (Å²) in [4.78, 5) is 3.82. The van der Waals surface area contributed by atoms with E-state index < -0.39 is 10.0 Å². The van der Waals surface area contributed by atoms with Crippen molar-refractivity contribution in [1.29, 1.82) is 0 Å². The third-order valence-corrected chi connectivity index (χ3v) is 3.76. The first-order valence-electron chi connectivity index (χ1n) is 4.63. The van der Waals surface area contributed by atoms with Crippen molar-refractivity contribution in [3.8, 4) is 0 Å². The molecule has 6 heteroatoms. The Morgan fingerprint density at radius 3 is 2.47 bits per heavy atom. The van der Waals surface area contributed by atoms with Crippen molar-refractivity contribution in [2.24, 2.45) is 0 Å². The molecule has 0 aliphatic rings. The molecule has 5 nitrogen and oxygen atoms in total. The van der Waals surface area contributed by atoms with E-state index in [4.69, 9.17) is 5.11 Å². The van der Waals surface area contributed by atoms with Gasteiger partial charge < -0.3 is 5.11 Å². The Morgan fingerprint density at radius 2 is 2.00 bits per heavy atom. The number of anilines is 1. The van der Waals surface area contributed by atoms with Gasteiger partial charge in [0.05, 0.1) is 18.0 Å². The van der Waals surface area contributed by atoms with Crippen LogP contribution in [-0.4, -0.2) is 37.4 Å². The van der Waals surface area contributed by atoms with Gasteiger partial charge in [0.15, 0.2) is 0 Å². The molecule has 0 aliphatic carbocycles. The molecular formula is C9H14N2O3S. The molecule has 0 amide bonds. The first-order chi connectivity index (χ1) is 7.11. The number of sulfonamides is 1. The summed E-state index contributed by atoms with van der Waals surface area (Å²) >= 11 is 0. The van der Waals surface area contributed by atoms with E-state index in [0.29, 0.717) is 12.2 Å². The highest BCUT2D eigenvalue weighted by atomic mass is 32.2. The maximum atomic E-state index is 11.7. The van der Waals surface area contributed by atoms with Crippen molar-refractivity contribution in [2.75, 3.05) is 23.2 Å². The highest BCUT2D eigenvalue weighted by Gasteiger charge is 2.19. The molecule has 0 saturated carbocycles. The van der Waals surface area contributed by atoms with Gasteiger partial charge in [-0.25, -0.2) is 8.42 Å². The van der Waals surface area contributed by atoms with Crippen molar-refractivity contribution in [1.82, 2.24) is 4.98 Å². The van der Waals surface area contributed by atoms with E-state index in [1.165, 1.54) is 16.7 Å². The minimum atomic E-state index is -3.42. The summed E-state index contributed by atoms with van der Waals surface area (Å²) in [5.41, 5.74) is 0.570. The topological polar surface area (TPSA) is 70.5 Å². The fraction of sp³-hybridized carbons (Fsp3) is 0.444. The van der Waals surface area contributed by atoms with Gasteiger partial charge >= 0.3 is 0 Å². The van der Waals surface area contributed by atoms with E-state index in [1.807, 2.05) is 0 Å². The Labute approximate surface area is 89.4 Å². The van der Waals surface area contributed by atoms with Crippen LogP contribution in [0.4, 0.5) is 5.69 Å². The second-order valence-electron chi connectivity index (χ2n) is 2.91. The monoisotopic (exact) mass is 230 g/mol. The molecule has 1 N–H and O–H groups in total. The standard InChI is InChI=1S/C9H14N2O3S/c1-2-11(15(13,14)8-7-12)9-3-5-10-6-4-9/h3-6,12H,2,7-8H2,1H3. The van der Waals surface area contributed by atoms with Crippen LogP contribution in [0.2, 0.25) is 0 Å². The lowest BCUT2D eigenvalue weighted by Crippen LogP contribution is -2.33. The van der Waals surface area contributed by atoms with Crippen LogP contribution in [0.25, 0.3) is 0 Å². The van der Waals surface area contributed by atoms with Crippen molar-refractivity contribution < 1.29 is 13.5 Å². The number of pyridine rings is 1. The van der Waals surface area contributed by atoms with Gasteiger partial charge in [-0.1, -0.05) is 0 Å². The molecule has 0 saturated heterocycles. The first-order valence-corrected chi connectivity index (χ1v) is 6.24. The second-order valence-corrected chi connectivity index (χ2v) is 4.92. The van der Waals surface area contributed by atoms with Crippen LogP contribution in [0, 0.1) is 0 Å². The lowest BCUT2D eigenvalue weighted by Gasteiger charge is -2.21. The quantitative estimate of drug-likeness (QED) is 0.786. The van der Waals surface area contributed by atoms with E-state index in [0.717, 1.165) is 0 Å². The third-order valence-electron chi connectivity index (χ3n) is 1.92. The second kappa shape index (κ2) is 5.09. The average Bonchev–Trinajstić information content (AvgIpc) is 2.19. The van der Waals surface area contributed by atoms with Crippen LogP contribution >= 0.6 is 0 Å². The molecule has 0 radical (unpaired) electrons. The highest BCUT2D eigenvalue weighted by Crippen LogP contribution is 2.16. The zero-order valence-corrected chi connectivity index (χ0v) is 9.31. The zero-order chi connectivity index (χ0) is 11.3. The molecule has 0 aromatic carbocycles. The molecule has 0 bridgehead atoms. The van der Waals surface area contributed by atoms with Gasteiger partial charge in [0.2, 0.25) is 10.0 Å². The number of hydrogen-bond donors (Lipinski definition) is 1. The Kier molecular flexibility index (Phi) is 4.05. The molecule has 0 fully saturated rings. The van der Waals surface area contributed by atoms with Crippen LogP contribution in [0.3, 0.4) is 0 Å². The summed E-state index contributed by atoms with van der Waals surface area (Å²) in [5.74, 6) is -0.261. The average molecular weight is 230 g/mol. The maximum absolute atomic E-state index is 11.7. The predicted molar refractivity (Wildman–Crippen MR) is 58.1 cm³/mol. The Hall–Kier alpha value is -1.14. The number of aromatic nitrogens is 1. The molecule has 1 aromatic heterocycles. The normalized spacial score (nSPS) is 11.3.